The molecule has 16 heteroatoms. The Hall–Kier alpha value is -2.46. The standard InChI is InChI=1S/C27H31Cl2F3N7O3S/c1-43(41,42)38-5-4-24-20(16-38)25(17-2-3-21(27(30,31)32)18(10-17)11-33)35-39(24)15-19(40)14-36-6-8-37(9-7-36)26-22(28)12-34-13-23(26)29/h2-3,10,12-13,19,33,40H,4-9,11,14-16H2,1H3/q-1. The van der Waals surface area contributed by atoms with Crippen molar-refractivity contribution in [2.75, 3.05) is 50.4 Å². The highest BCUT2D eigenvalue weighted by Gasteiger charge is 2.34. The zero-order valence-corrected chi connectivity index (χ0v) is 25.6. The van der Waals surface area contributed by atoms with Gasteiger partial charge < -0.3 is 15.7 Å². The van der Waals surface area contributed by atoms with Crippen LogP contribution in [0.1, 0.15) is 22.4 Å². The predicted octanol–water partition coefficient (Wildman–Crippen LogP) is 4.32. The van der Waals surface area contributed by atoms with Crippen molar-refractivity contribution >= 4 is 38.9 Å². The van der Waals surface area contributed by atoms with Crippen molar-refractivity contribution in [2.45, 2.75) is 38.3 Å². The molecule has 0 aliphatic carbocycles. The number of aliphatic hydroxyl groups excluding tert-OH is 1. The number of hydrogen-bond donors (Lipinski definition) is 1. The minimum absolute atomic E-state index is 0.0128. The van der Waals surface area contributed by atoms with Crippen LogP contribution in [0.15, 0.2) is 30.6 Å². The molecule has 0 saturated carbocycles. The summed E-state index contributed by atoms with van der Waals surface area (Å²) in [6, 6.07) is 3.52. The molecule has 2 N–H and O–H groups in total. The molecule has 0 bridgehead atoms. The molecule has 234 valence electrons. The first kappa shape index (κ1) is 31.9. The molecule has 0 amide bonds. The average Bonchev–Trinajstić information content (AvgIpc) is 3.30. The van der Waals surface area contributed by atoms with Gasteiger partial charge in [-0.1, -0.05) is 40.9 Å². The molecule has 0 spiro atoms. The molecule has 1 saturated heterocycles. The zero-order chi connectivity index (χ0) is 31.1. The first-order chi connectivity index (χ1) is 20.3. The third-order valence-electron chi connectivity index (χ3n) is 7.81. The number of aromatic nitrogens is 3. The summed E-state index contributed by atoms with van der Waals surface area (Å²) >= 11 is 12.6. The van der Waals surface area contributed by atoms with Crippen LogP contribution < -0.4 is 4.90 Å². The van der Waals surface area contributed by atoms with E-state index in [1.807, 2.05) is 0 Å². The number of rotatable bonds is 8. The summed E-state index contributed by atoms with van der Waals surface area (Å²) in [4.78, 5) is 8.19. The maximum Gasteiger partial charge on any atom is 0.416 e. The first-order valence-electron chi connectivity index (χ1n) is 13.6. The van der Waals surface area contributed by atoms with Gasteiger partial charge in [-0.15, -0.1) is 6.54 Å². The molecule has 1 fully saturated rings. The molecule has 3 aromatic rings. The second-order valence-electron chi connectivity index (χ2n) is 10.7. The van der Waals surface area contributed by atoms with Gasteiger partial charge in [-0.2, -0.15) is 22.6 Å². The second kappa shape index (κ2) is 12.5. The van der Waals surface area contributed by atoms with Crippen LogP contribution in [-0.2, 0) is 42.3 Å². The maximum atomic E-state index is 13.5. The van der Waals surface area contributed by atoms with Gasteiger partial charge in [0.05, 0.1) is 45.9 Å². The molecule has 2 aliphatic heterocycles. The van der Waals surface area contributed by atoms with Crippen LogP contribution in [-0.4, -0.2) is 89.1 Å². The van der Waals surface area contributed by atoms with E-state index >= 15 is 0 Å². The Kier molecular flexibility index (Phi) is 9.29. The fourth-order valence-electron chi connectivity index (χ4n) is 5.71. The number of piperazine rings is 1. The monoisotopic (exact) mass is 660 g/mol. The van der Waals surface area contributed by atoms with Gasteiger partial charge in [0.15, 0.2) is 0 Å². The molecular formula is C27H31Cl2F3N7O3S-. The van der Waals surface area contributed by atoms with Gasteiger partial charge >= 0.3 is 6.18 Å². The second-order valence-corrected chi connectivity index (χ2v) is 13.5. The molecule has 2 aliphatic rings. The van der Waals surface area contributed by atoms with Crippen molar-refractivity contribution in [3.8, 4) is 11.3 Å². The number of β-amino-alcohol motifs (C(OH)–C–C–N with tert-alkyl or cyclic N) is 1. The fourth-order valence-corrected chi connectivity index (χ4v) is 7.10. The van der Waals surface area contributed by atoms with Crippen LogP contribution in [0.4, 0.5) is 18.9 Å². The van der Waals surface area contributed by atoms with E-state index in [4.69, 9.17) is 28.9 Å². The first-order valence-corrected chi connectivity index (χ1v) is 16.2. The Morgan fingerprint density at radius 1 is 1.07 bits per heavy atom. The van der Waals surface area contributed by atoms with Crippen molar-refractivity contribution in [1.29, 1.82) is 0 Å². The largest absolute Gasteiger partial charge is 0.674 e. The number of aliphatic hydroxyl groups is 1. The molecule has 43 heavy (non-hydrogen) atoms. The minimum atomic E-state index is -4.60. The lowest BCUT2D eigenvalue weighted by atomic mass is 9.97. The van der Waals surface area contributed by atoms with E-state index in [1.54, 1.807) is 17.1 Å². The molecule has 1 atom stereocenters. The van der Waals surface area contributed by atoms with Gasteiger partial charge in [-0.3, -0.25) is 14.6 Å². The smallest absolute Gasteiger partial charge is 0.416 e. The van der Waals surface area contributed by atoms with Crippen LogP contribution in [0.2, 0.25) is 10.0 Å². The number of pyridine rings is 1. The Bertz CT molecular complexity index is 1570. The maximum absolute atomic E-state index is 13.5. The van der Waals surface area contributed by atoms with E-state index < -0.39 is 34.4 Å². The SMILES string of the molecule is CS(=O)(=O)N1CCc2c(c(-c3ccc(C(F)(F)F)c(C[NH-])c3)nn2CC(O)CN2CCN(c3c(Cl)cncc3Cl)CC2)C1. The predicted molar refractivity (Wildman–Crippen MR) is 159 cm³/mol. The van der Waals surface area contributed by atoms with Crippen molar-refractivity contribution in [1.82, 2.24) is 24.0 Å². The van der Waals surface area contributed by atoms with Crippen LogP contribution in [0.25, 0.3) is 17.0 Å². The van der Waals surface area contributed by atoms with Gasteiger partial charge in [-0.25, -0.2) is 8.42 Å². The van der Waals surface area contributed by atoms with Crippen molar-refractivity contribution in [2.24, 2.45) is 0 Å². The number of hydrogen-bond acceptors (Lipinski definition) is 7. The molecule has 10 nitrogen and oxygen atoms in total. The number of nitrogens with one attached hydrogen (secondary N) is 1. The number of sulfonamides is 1. The summed E-state index contributed by atoms with van der Waals surface area (Å²) in [6.45, 7) is 2.73. The van der Waals surface area contributed by atoms with Crippen LogP contribution >= 0.6 is 23.2 Å². The van der Waals surface area contributed by atoms with Gasteiger partial charge in [0.2, 0.25) is 10.0 Å². The molecule has 1 aromatic carbocycles. The Morgan fingerprint density at radius 2 is 1.74 bits per heavy atom. The topological polar surface area (TPSA) is 119 Å². The van der Waals surface area contributed by atoms with E-state index in [1.165, 1.54) is 16.4 Å². The summed E-state index contributed by atoms with van der Waals surface area (Å²) in [7, 11) is -3.53. The lowest BCUT2D eigenvalue weighted by molar-refractivity contribution is -0.138. The third kappa shape index (κ3) is 6.95. The number of benzene rings is 1. The van der Waals surface area contributed by atoms with Gasteiger partial charge in [-0.05, 0) is 6.07 Å². The van der Waals surface area contributed by atoms with E-state index in [-0.39, 0.29) is 25.2 Å². The number of halogens is 5. The van der Waals surface area contributed by atoms with Gasteiger partial charge in [0.1, 0.15) is 0 Å². The Balaban J connectivity index is 1.36. The molecule has 5 rings (SSSR count). The van der Waals surface area contributed by atoms with E-state index in [9.17, 15) is 26.7 Å². The molecular weight excluding hydrogens is 630 g/mol. The van der Waals surface area contributed by atoms with Crippen LogP contribution in [0.5, 0.6) is 0 Å². The molecule has 2 aromatic heterocycles. The van der Waals surface area contributed by atoms with Crippen molar-refractivity contribution < 1.29 is 26.7 Å². The molecule has 0 radical (unpaired) electrons. The highest BCUT2D eigenvalue weighted by molar-refractivity contribution is 7.88. The normalized spacial score (nSPS) is 17.7. The van der Waals surface area contributed by atoms with Crippen LogP contribution in [0.3, 0.4) is 0 Å². The number of anilines is 1. The Morgan fingerprint density at radius 3 is 2.35 bits per heavy atom. The number of nitrogens with zero attached hydrogens (tertiary/aromatic N) is 6. The zero-order valence-electron chi connectivity index (χ0n) is 23.3. The minimum Gasteiger partial charge on any atom is -0.674 e. The highest BCUT2D eigenvalue weighted by atomic mass is 35.5. The number of fused-ring (bicyclic) bond motifs is 1. The highest BCUT2D eigenvalue weighted by Crippen LogP contribution is 2.37. The van der Waals surface area contributed by atoms with Gasteiger partial charge in [0, 0.05) is 81.4 Å². The summed E-state index contributed by atoms with van der Waals surface area (Å²) in [5, 5.41) is 16.7. The Labute approximate surface area is 257 Å². The summed E-state index contributed by atoms with van der Waals surface area (Å²) in [5.41, 5.74) is 9.32. The summed E-state index contributed by atoms with van der Waals surface area (Å²) < 4.78 is 68.1. The third-order valence-corrected chi connectivity index (χ3v) is 9.61. The van der Waals surface area contributed by atoms with Crippen molar-refractivity contribution in [3.05, 3.63) is 68.8 Å². The number of alkyl halides is 3. The summed E-state index contributed by atoms with van der Waals surface area (Å²) in [6.07, 6.45) is -0.885. The van der Waals surface area contributed by atoms with Crippen LogP contribution in [0, 0.1) is 0 Å². The molecule has 4 heterocycles. The summed E-state index contributed by atoms with van der Waals surface area (Å²) in [5.74, 6) is 0. The van der Waals surface area contributed by atoms with Crippen molar-refractivity contribution in [3.63, 3.8) is 0 Å². The lowest BCUT2D eigenvalue weighted by Gasteiger charge is -2.37. The average molecular weight is 662 g/mol. The fraction of sp³-hybridized carbons (Fsp3) is 0.481. The lowest BCUT2D eigenvalue weighted by Crippen LogP contribution is -2.49. The van der Waals surface area contributed by atoms with Gasteiger partial charge in [0.25, 0.3) is 0 Å². The molecule has 1 unspecified atom stereocenters. The van der Waals surface area contributed by atoms with E-state index in [2.05, 4.69) is 19.9 Å². The quantitative estimate of drug-likeness (QED) is 0.382. The van der Waals surface area contributed by atoms with E-state index in [0.717, 1.165) is 23.7 Å². The van der Waals surface area contributed by atoms with E-state index in [0.29, 0.717) is 66.0 Å².